The number of nitrogens with zero attached hydrogens (tertiary/aromatic N) is 2. The van der Waals surface area contributed by atoms with Crippen LogP contribution in [-0.4, -0.2) is 38.2 Å². The molecule has 2 heterocycles. The van der Waals surface area contributed by atoms with E-state index in [2.05, 4.69) is 4.40 Å². The van der Waals surface area contributed by atoms with Crippen molar-refractivity contribution in [1.82, 2.24) is 4.90 Å². The summed E-state index contributed by atoms with van der Waals surface area (Å²) in [5.41, 5.74) is 1.15. The molecule has 2 aliphatic heterocycles. The average molecular weight is 402 g/mol. The van der Waals surface area contributed by atoms with Crippen molar-refractivity contribution in [1.29, 1.82) is 0 Å². The summed E-state index contributed by atoms with van der Waals surface area (Å²) in [7, 11) is -3.70. The number of benzene rings is 2. The number of carbonyl (C=O) groups excluding carboxylic acids is 1. The number of hydrogen-bond acceptors (Lipinski definition) is 5. The lowest BCUT2D eigenvalue weighted by atomic mass is 9.97. The highest BCUT2D eigenvalue weighted by molar-refractivity contribution is 7.90. The number of likely N-dealkylation sites (tertiary alicyclic amines) is 1. The maximum atomic E-state index is 13.2. The highest BCUT2D eigenvalue weighted by Gasteiger charge is 2.35. The van der Waals surface area contributed by atoms with E-state index in [9.17, 15) is 17.6 Å². The van der Waals surface area contributed by atoms with Gasteiger partial charge in [-0.05, 0) is 42.7 Å². The van der Waals surface area contributed by atoms with Gasteiger partial charge in [0, 0.05) is 18.7 Å². The number of carbonyl (C=O) groups is 1. The zero-order valence-corrected chi connectivity index (χ0v) is 15.9. The minimum Gasteiger partial charge on any atom is -0.461 e. The van der Waals surface area contributed by atoms with E-state index in [4.69, 9.17) is 4.74 Å². The van der Waals surface area contributed by atoms with Gasteiger partial charge >= 0.3 is 5.97 Å². The summed E-state index contributed by atoms with van der Waals surface area (Å²) in [5, 5.41) is 0. The van der Waals surface area contributed by atoms with E-state index in [1.54, 1.807) is 30.3 Å². The molecule has 146 valence electrons. The van der Waals surface area contributed by atoms with Crippen LogP contribution in [-0.2, 0) is 26.2 Å². The SMILES string of the molecule is O=C(OCc1cccc(F)c1)[C@H]1CCCN(C2=NS(=O)(=O)c3ccccc32)C1. The second-order valence-corrected chi connectivity index (χ2v) is 8.48. The van der Waals surface area contributed by atoms with E-state index in [1.165, 1.54) is 18.2 Å². The molecule has 0 bridgehead atoms. The summed E-state index contributed by atoms with van der Waals surface area (Å²) in [6.07, 6.45) is 1.38. The van der Waals surface area contributed by atoms with Crippen molar-refractivity contribution < 1.29 is 22.3 Å². The quantitative estimate of drug-likeness (QED) is 0.738. The Morgan fingerprint density at radius 3 is 2.86 bits per heavy atom. The Labute approximate surface area is 162 Å². The molecule has 0 N–H and O–H groups in total. The van der Waals surface area contributed by atoms with Gasteiger partial charge in [0.2, 0.25) is 0 Å². The third-order valence-corrected chi connectivity index (χ3v) is 6.26. The van der Waals surface area contributed by atoms with Crippen LogP contribution in [0.3, 0.4) is 0 Å². The van der Waals surface area contributed by atoms with Crippen LogP contribution in [0.5, 0.6) is 0 Å². The summed E-state index contributed by atoms with van der Waals surface area (Å²) >= 11 is 0. The second kappa shape index (κ2) is 7.35. The molecule has 1 fully saturated rings. The number of amidine groups is 1. The van der Waals surface area contributed by atoms with E-state index in [0.717, 1.165) is 6.42 Å². The zero-order valence-electron chi connectivity index (χ0n) is 15.0. The molecular formula is C20H19FN2O4S. The normalized spacial score (nSPS) is 20.4. The summed E-state index contributed by atoms with van der Waals surface area (Å²) in [6.45, 7) is 0.965. The molecule has 2 aromatic rings. The fourth-order valence-electron chi connectivity index (χ4n) is 3.58. The monoisotopic (exact) mass is 402 g/mol. The van der Waals surface area contributed by atoms with E-state index in [-0.39, 0.29) is 29.2 Å². The third-order valence-electron chi connectivity index (χ3n) is 4.94. The van der Waals surface area contributed by atoms with Gasteiger partial charge in [-0.15, -0.1) is 4.40 Å². The minimum absolute atomic E-state index is 0.00521. The molecule has 1 atom stereocenters. The van der Waals surface area contributed by atoms with Crippen molar-refractivity contribution in [3.05, 3.63) is 65.5 Å². The Hall–Kier alpha value is -2.74. The highest BCUT2D eigenvalue weighted by Crippen LogP contribution is 2.30. The topological polar surface area (TPSA) is 76.0 Å². The number of sulfonamides is 1. The standard InChI is InChI=1S/C20H19FN2O4S/c21-16-7-3-5-14(11-16)13-27-20(24)15-6-4-10-23(12-15)19-17-8-1-2-9-18(17)28(25,26)22-19/h1-3,5,7-9,11,15H,4,6,10,12-13H2/t15-/m0/s1. The predicted molar refractivity (Wildman–Crippen MR) is 101 cm³/mol. The zero-order chi connectivity index (χ0) is 19.7. The van der Waals surface area contributed by atoms with E-state index in [0.29, 0.717) is 36.5 Å². The molecule has 28 heavy (non-hydrogen) atoms. The summed E-state index contributed by atoms with van der Waals surface area (Å²) in [4.78, 5) is 14.5. The Morgan fingerprint density at radius 2 is 2.04 bits per heavy atom. The lowest BCUT2D eigenvalue weighted by Gasteiger charge is -2.32. The lowest BCUT2D eigenvalue weighted by molar-refractivity contribution is -0.151. The molecule has 8 heteroatoms. The number of ether oxygens (including phenoxy) is 1. The van der Waals surface area contributed by atoms with Crippen molar-refractivity contribution >= 4 is 21.8 Å². The molecular weight excluding hydrogens is 383 g/mol. The maximum Gasteiger partial charge on any atom is 0.311 e. The number of piperidine rings is 1. The van der Waals surface area contributed by atoms with Crippen LogP contribution < -0.4 is 0 Å². The first-order valence-electron chi connectivity index (χ1n) is 9.04. The molecule has 2 aromatic carbocycles. The molecule has 0 amide bonds. The van der Waals surface area contributed by atoms with Crippen LogP contribution in [0.4, 0.5) is 4.39 Å². The Morgan fingerprint density at radius 1 is 1.21 bits per heavy atom. The van der Waals surface area contributed by atoms with Crippen LogP contribution in [0.1, 0.15) is 24.0 Å². The molecule has 0 radical (unpaired) electrons. The number of rotatable bonds is 3. The van der Waals surface area contributed by atoms with Crippen molar-refractivity contribution in [2.75, 3.05) is 13.1 Å². The minimum atomic E-state index is -3.70. The summed E-state index contributed by atoms with van der Waals surface area (Å²) in [6, 6.07) is 12.6. The first-order valence-corrected chi connectivity index (χ1v) is 10.5. The molecule has 0 aliphatic carbocycles. The number of fused-ring (bicyclic) bond motifs is 1. The van der Waals surface area contributed by atoms with Crippen molar-refractivity contribution in [3.8, 4) is 0 Å². The van der Waals surface area contributed by atoms with Gasteiger partial charge < -0.3 is 9.64 Å². The Balaban J connectivity index is 1.46. The fourth-order valence-corrected chi connectivity index (χ4v) is 4.81. The van der Waals surface area contributed by atoms with E-state index in [1.807, 2.05) is 4.90 Å². The van der Waals surface area contributed by atoms with E-state index < -0.39 is 10.0 Å². The van der Waals surface area contributed by atoms with Crippen LogP contribution in [0.15, 0.2) is 57.8 Å². The highest BCUT2D eigenvalue weighted by atomic mass is 32.2. The summed E-state index contributed by atoms with van der Waals surface area (Å²) < 4.78 is 47.1. The van der Waals surface area contributed by atoms with Crippen molar-refractivity contribution in [2.45, 2.75) is 24.3 Å². The van der Waals surface area contributed by atoms with Crippen molar-refractivity contribution in [2.24, 2.45) is 10.3 Å². The molecule has 0 saturated carbocycles. The van der Waals surface area contributed by atoms with Crippen LogP contribution >= 0.6 is 0 Å². The Bertz CT molecular complexity index is 1050. The van der Waals surface area contributed by atoms with Gasteiger partial charge in [0.25, 0.3) is 10.0 Å². The molecule has 6 nitrogen and oxygen atoms in total. The maximum absolute atomic E-state index is 13.2. The van der Waals surface area contributed by atoms with E-state index >= 15 is 0 Å². The van der Waals surface area contributed by atoms with Gasteiger partial charge in [-0.1, -0.05) is 24.3 Å². The Kier molecular flexibility index (Phi) is 4.89. The molecule has 0 spiro atoms. The van der Waals surface area contributed by atoms with Gasteiger partial charge in [-0.3, -0.25) is 4.79 Å². The fraction of sp³-hybridized carbons (Fsp3) is 0.300. The van der Waals surface area contributed by atoms with Gasteiger partial charge in [0.05, 0.1) is 5.92 Å². The molecule has 0 aromatic heterocycles. The molecule has 4 rings (SSSR count). The number of halogens is 1. The number of hydrogen-bond donors (Lipinski definition) is 0. The third kappa shape index (κ3) is 3.64. The first kappa shape index (κ1) is 18.6. The van der Waals surface area contributed by atoms with Gasteiger partial charge in [-0.2, -0.15) is 8.42 Å². The molecule has 0 unspecified atom stereocenters. The van der Waals surface area contributed by atoms with Gasteiger partial charge in [0.15, 0.2) is 5.84 Å². The lowest BCUT2D eigenvalue weighted by Crippen LogP contribution is -2.42. The van der Waals surface area contributed by atoms with Crippen LogP contribution in [0, 0.1) is 11.7 Å². The van der Waals surface area contributed by atoms with Gasteiger partial charge in [0.1, 0.15) is 17.3 Å². The second-order valence-electron chi connectivity index (χ2n) is 6.91. The number of esters is 1. The molecule has 1 saturated heterocycles. The van der Waals surface area contributed by atoms with Gasteiger partial charge in [-0.25, -0.2) is 4.39 Å². The van der Waals surface area contributed by atoms with Crippen molar-refractivity contribution in [3.63, 3.8) is 0 Å². The smallest absolute Gasteiger partial charge is 0.311 e. The molecule has 2 aliphatic rings. The van der Waals surface area contributed by atoms with Crippen LogP contribution in [0.25, 0.3) is 0 Å². The first-order chi connectivity index (χ1) is 13.4. The predicted octanol–water partition coefficient (Wildman–Crippen LogP) is 2.73. The summed E-state index contributed by atoms with van der Waals surface area (Å²) in [5.74, 6) is -0.751. The largest absolute Gasteiger partial charge is 0.461 e. The average Bonchev–Trinajstić information content (AvgIpc) is 2.98. The van der Waals surface area contributed by atoms with Crippen LogP contribution in [0.2, 0.25) is 0 Å².